The summed E-state index contributed by atoms with van der Waals surface area (Å²) in [6.45, 7) is 3.30. The van der Waals surface area contributed by atoms with Gasteiger partial charge in [-0.1, -0.05) is 0 Å². The molecule has 2 heterocycles. The van der Waals surface area contributed by atoms with Gasteiger partial charge in [0, 0.05) is 7.05 Å². The minimum atomic E-state index is -3.86. The molecule has 98 valence electrons. The smallest absolute Gasteiger partial charge is 0.309 e. The number of nitrogens with one attached hydrogen (secondary N) is 1. The molecule has 0 aliphatic heterocycles. The Labute approximate surface area is 104 Å². The molecule has 0 aromatic carbocycles. The SMILES string of the molecule is Cc1coc(NS(=O)(=O)c2c(N)nn(C)c2C)n1. The minimum absolute atomic E-state index is 0.0641. The Kier molecular flexibility index (Phi) is 2.77. The molecule has 18 heavy (non-hydrogen) atoms. The van der Waals surface area contributed by atoms with E-state index in [1.807, 2.05) is 0 Å². The number of oxazole rings is 1. The lowest BCUT2D eigenvalue weighted by molar-refractivity contribution is 0.569. The summed E-state index contributed by atoms with van der Waals surface area (Å²) in [5.74, 6) is -0.0641. The van der Waals surface area contributed by atoms with Crippen LogP contribution in [0.25, 0.3) is 0 Å². The van der Waals surface area contributed by atoms with Crippen LogP contribution in [0.3, 0.4) is 0 Å². The standard InChI is InChI=1S/C9H13N5O3S/c1-5-4-17-9(11-5)13-18(15,16)7-6(2)14(3)12-8(7)10/h4H,1-3H3,(H2,10,12)(H,11,13). The third kappa shape index (κ3) is 2.04. The molecule has 0 fully saturated rings. The lowest BCUT2D eigenvalue weighted by Gasteiger charge is -2.04. The van der Waals surface area contributed by atoms with E-state index in [1.54, 1.807) is 20.9 Å². The quantitative estimate of drug-likeness (QED) is 0.835. The second kappa shape index (κ2) is 4.02. The van der Waals surface area contributed by atoms with Crippen molar-refractivity contribution >= 4 is 21.9 Å². The van der Waals surface area contributed by atoms with Crippen LogP contribution in [0.15, 0.2) is 15.6 Å². The maximum absolute atomic E-state index is 12.1. The van der Waals surface area contributed by atoms with Gasteiger partial charge in [0.05, 0.1) is 11.4 Å². The molecular weight excluding hydrogens is 258 g/mol. The maximum atomic E-state index is 12.1. The molecule has 2 aromatic heterocycles. The van der Waals surface area contributed by atoms with Gasteiger partial charge in [-0.2, -0.15) is 10.1 Å². The number of nitrogens with zero attached hydrogens (tertiary/aromatic N) is 3. The summed E-state index contributed by atoms with van der Waals surface area (Å²) in [6, 6.07) is -0.102. The zero-order valence-corrected chi connectivity index (χ0v) is 10.9. The van der Waals surface area contributed by atoms with Crippen molar-refractivity contribution < 1.29 is 12.8 Å². The Bertz CT molecular complexity index is 685. The zero-order valence-electron chi connectivity index (χ0n) is 10.1. The third-order valence-corrected chi connectivity index (χ3v) is 3.90. The van der Waals surface area contributed by atoms with E-state index in [0.29, 0.717) is 11.4 Å². The minimum Gasteiger partial charge on any atom is -0.431 e. The topological polar surface area (TPSA) is 116 Å². The monoisotopic (exact) mass is 271 g/mol. The largest absolute Gasteiger partial charge is 0.431 e. The van der Waals surface area contributed by atoms with Crippen LogP contribution < -0.4 is 10.5 Å². The van der Waals surface area contributed by atoms with Crippen molar-refractivity contribution in [3.8, 4) is 0 Å². The average molecular weight is 271 g/mol. The van der Waals surface area contributed by atoms with Gasteiger partial charge in [0.25, 0.3) is 10.0 Å². The van der Waals surface area contributed by atoms with Gasteiger partial charge >= 0.3 is 6.01 Å². The maximum Gasteiger partial charge on any atom is 0.309 e. The van der Waals surface area contributed by atoms with E-state index < -0.39 is 10.0 Å². The molecule has 0 amide bonds. The van der Waals surface area contributed by atoms with Crippen molar-refractivity contribution in [3.63, 3.8) is 0 Å². The number of anilines is 2. The lowest BCUT2D eigenvalue weighted by atomic mass is 10.5. The van der Waals surface area contributed by atoms with E-state index in [-0.39, 0.29) is 16.7 Å². The van der Waals surface area contributed by atoms with Crippen LogP contribution in [-0.2, 0) is 17.1 Å². The Morgan fingerprint density at radius 2 is 2.11 bits per heavy atom. The van der Waals surface area contributed by atoms with Crippen molar-refractivity contribution in [3.05, 3.63) is 17.7 Å². The van der Waals surface area contributed by atoms with Gasteiger partial charge in [0.15, 0.2) is 10.7 Å². The fourth-order valence-corrected chi connectivity index (χ4v) is 2.78. The first-order valence-electron chi connectivity index (χ1n) is 5.05. The van der Waals surface area contributed by atoms with Gasteiger partial charge in [-0.15, -0.1) is 0 Å². The summed E-state index contributed by atoms with van der Waals surface area (Å²) in [5.41, 5.74) is 6.59. The normalized spacial score (nSPS) is 11.7. The van der Waals surface area contributed by atoms with Gasteiger partial charge in [-0.25, -0.2) is 13.1 Å². The van der Waals surface area contributed by atoms with Crippen molar-refractivity contribution in [1.82, 2.24) is 14.8 Å². The van der Waals surface area contributed by atoms with E-state index in [2.05, 4.69) is 14.8 Å². The lowest BCUT2D eigenvalue weighted by Crippen LogP contribution is -2.15. The van der Waals surface area contributed by atoms with Crippen LogP contribution in [0.5, 0.6) is 0 Å². The highest BCUT2D eigenvalue weighted by atomic mass is 32.2. The summed E-state index contributed by atoms with van der Waals surface area (Å²) in [7, 11) is -2.24. The van der Waals surface area contributed by atoms with Gasteiger partial charge in [-0.05, 0) is 13.8 Å². The Morgan fingerprint density at radius 1 is 1.44 bits per heavy atom. The summed E-state index contributed by atoms with van der Waals surface area (Å²) in [5, 5.41) is 3.85. The number of nitrogens with two attached hydrogens (primary N) is 1. The average Bonchev–Trinajstić information content (AvgIpc) is 2.72. The molecule has 0 radical (unpaired) electrons. The zero-order chi connectivity index (χ0) is 13.5. The summed E-state index contributed by atoms with van der Waals surface area (Å²) < 4.78 is 32.8. The molecule has 3 N–H and O–H groups in total. The molecule has 0 aliphatic carbocycles. The summed E-state index contributed by atoms with van der Waals surface area (Å²) >= 11 is 0. The molecule has 2 rings (SSSR count). The number of hydrogen-bond acceptors (Lipinski definition) is 6. The predicted octanol–water partition coefficient (Wildman–Crippen LogP) is 0.408. The van der Waals surface area contributed by atoms with E-state index >= 15 is 0 Å². The number of rotatable bonds is 3. The van der Waals surface area contributed by atoms with Gasteiger partial charge < -0.3 is 10.2 Å². The summed E-state index contributed by atoms with van der Waals surface area (Å²) in [6.07, 6.45) is 1.34. The highest BCUT2D eigenvalue weighted by Gasteiger charge is 2.26. The Hall–Kier alpha value is -2.03. The van der Waals surface area contributed by atoms with Crippen LogP contribution in [-0.4, -0.2) is 23.2 Å². The summed E-state index contributed by atoms with van der Waals surface area (Å²) in [4.78, 5) is 3.79. The molecule has 0 saturated carbocycles. The van der Waals surface area contributed by atoms with Gasteiger partial charge in [-0.3, -0.25) is 4.68 Å². The number of hydrogen-bond donors (Lipinski definition) is 2. The predicted molar refractivity (Wildman–Crippen MR) is 64.4 cm³/mol. The first-order valence-corrected chi connectivity index (χ1v) is 6.53. The van der Waals surface area contributed by atoms with Crippen LogP contribution in [0.4, 0.5) is 11.8 Å². The van der Waals surface area contributed by atoms with Gasteiger partial charge in [0.2, 0.25) is 0 Å². The molecule has 9 heteroatoms. The van der Waals surface area contributed by atoms with Crippen LogP contribution in [0.1, 0.15) is 11.4 Å². The molecule has 0 aliphatic rings. The van der Waals surface area contributed by atoms with E-state index in [9.17, 15) is 8.42 Å². The van der Waals surface area contributed by atoms with E-state index in [1.165, 1.54) is 10.9 Å². The third-order valence-electron chi connectivity index (χ3n) is 2.41. The molecule has 8 nitrogen and oxygen atoms in total. The highest BCUT2D eigenvalue weighted by Crippen LogP contribution is 2.23. The number of nitrogen functional groups attached to an aromatic ring is 1. The second-order valence-corrected chi connectivity index (χ2v) is 5.44. The van der Waals surface area contributed by atoms with Crippen molar-refractivity contribution in [2.45, 2.75) is 18.7 Å². The van der Waals surface area contributed by atoms with Crippen molar-refractivity contribution in [2.24, 2.45) is 7.05 Å². The van der Waals surface area contributed by atoms with Crippen molar-refractivity contribution in [2.75, 3.05) is 10.5 Å². The number of aromatic nitrogens is 3. The van der Waals surface area contributed by atoms with Gasteiger partial charge in [0.1, 0.15) is 6.26 Å². The molecule has 0 saturated heterocycles. The molecule has 0 bridgehead atoms. The fraction of sp³-hybridized carbons (Fsp3) is 0.333. The second-order valence-electron chi connectivity index (χ2n) is 3.82. The van der Waals surface area contributed by atoms with Crippen molar-refractivity contribution in [1.29, 1.82) is 0 Å². The number of aryl methyl sites for hydroxylation is 2. The molecular formula is C9H13N5O3S. The van der Waals surface area contributed by atoms with Crippen LogP contribution in [0.2, 0.25) is 0 Å². The first-order chi connectivity index (χ1) is 8.31. The fourth-order valence-electron chi connectivity index (χ4n) is 1.51. The Balaban J connectivity index is 2.43. The first kappa shape index (κ1) is 12.4. The number of sulfonamides is 1. The molecule has 0 atom stereocenters. The van der Waals surface area contributed by atoms with E-state index in [0.717, 1.165) is 0 Å². The molecule has 2 aromatic rings. The Morgan fingerprint density at radius 3 is 2.56 bits per heavy atom. The molecule has 0 spiro atoms. The van der Waals surface area contributed by atoms with Crippen LogP contribution in [0, 0.1) is 13.8 Å². The highest BCUT2D eigenvalue weighted by molar-refractivity contribution is 7.92. The molecule has 0 unspecified atom stereocenters. The van der Waals surface area contributed by atoms with E-state index in [4.69, 9.17) is 10.2 Å². The van der Waals surface area contributed by atoms with Crippen LogP contribution >= 0.6 is 0 Å².